The van der Waals surface area contributed by atoms with Crippen LogP contribution in [0.2, 0.25) is 0 Å². The summed E-state index contributed by atoms with van der Waals surface area (Å²) in [4.78, 5) is 23.0. The minimum atomic E-state index is -0.364. The predicted molar refractivity (Wildman–Crippen MR) is 54.9 cm³/mol. The van der Waals surface area contributed by atoms with Crippen molar-refractivity contribution >= 4 is 23.3 Å². The Hall–Kier alpha value is -0.310. The standard InChI is InChI=1S/C10H16O2S/c1-6-8(11)5-7(9(6)12)10(2,3)13-4/h6-7H,5H2,1-4H3. The van der Waals surface area contributed by atoms with Crippen molar-refractivity contribution in [1.29, 1.82) is 0 Å². The number of ketones is 2. The monoisotopic (exact) mass is 200 g/mol. The van der Waals surface area contributed by atoms with E-state index in [-0.39, 0.29) is 28.1 Å². The average Bonchev–Trinajstić information content (AvgIpc) is 2.33. The Morgan fingerprint density at radius 3 is 2.23 bits per heavy atom. The number of carbonyl (C=O) groups is 2. The van der Waals surface area contributed by atoms with Crippen molar-refractivity contribution in [2.45, 2.75) is 31.9 Å². The molecule has 1 aliphatic rings. The van der Waals surface area contributed by atoms with Crippen LogP contribution in [-0.4, -0.2) is 22.6 Å². The molecule has 0 amide bonds. The molecule has 0 N–H and O–H groups in total. The van der Waals surface area contributed by atoms with E-state index < -0.39 is 0 Å². The highest BCUT2D eigenvalue weighted by Gasteiger charge is 2.45. The molecule has 0 spiro atoms. The lowest BCUT2D eigenvalue weighted by molar-refractivity contribution is -0.127. The number of carbonyl (C=O) groups excluding carboxylic acids is 2. The molecule has 2 nitrogen and oxygen atoms in total. The molecule has 13 heavy (non-hydrogen) atoms. The van der Waals surface area contributed by atoms with Crippen molar-refractivity contribution in [3.8, 4) is 0 Å². The van der Waals surface area contributed by atoms with E-state index >= 15 is 0 Å². The zero-order valence-corrected chi connectivity index (χ0v) is 9.40. The smallest absolute Gasteiger partial charge is 0.147 e. The largest absolute Gasteiger partial charge is 0.299 e. The maximum absolute atomic E-state index is 11.7. The first-order chi connectivity index (χ1) is 5.90. The maximum Gasteiger partial charge on any atom is 0.147 e. The lowest BCUT2D eigenvalue weighted by Gasteiger charge is -2.27. The molecule has 3 heteroatoms. The number of Topliss-reactive ketones (excluding diaryl/α,β-unsaturated/α-hetero) is 2. The van der Waals surface area contributed by atoms with E-state index in [0.717, 1.165) is 0 Å². The Labute approximate surface area is 83.5 Å². The topological polar surface area (TPSA) is 34.1 Å². The van der Waals surface area contributed by atoms with Gasteiger partial charge in [0.25, 0.3) is 0 Å². The average molecular weight is 200 g/mol. The van der Waals surface area contributed by atoms with Gasteiger partial charge < -0.3 is 0 Å². The second-order valence-corrected chi connectivity index (χ2v) is 5.62. The van der Waals surface area contributed by atoms with Crippen molar-refractivity contribution in [3.63, 3.8) is 0 Å². The Balaban J connectivity index is 2.86. The van der Waals surface area contributed by atoms with Crippen LogP contribution in [0.3, 0.4) is 0 Å². The van der Waals surface area contributed by atoms with Crippen LogP contribution in [0, 0.1) is 11.8 Å². The molecule has 0 bridgehead atoms. The first-order valence-corrected chi connectivity index (χ1v) is 5.74. The van der Waals surface area contributed by atoms with Crippen molar-refractivity contribution in [1.82, 2.24) is 0 Å². The number of hydrogen-bond acceptors (Lipinski definition) is 3. The zero-order valence-electron chi connectivity index (χ0n) is 8.59. The third-order valence-electron chi connectivity index (χ3n) is 3.02. The molecule has 1 rings (SSSR count). The second-order valence-electron chi connectivity index (χ2n) is 4.15. The number of thioether (sulfide) groups is 1. The molecule has 0 heterocycles. The van der Waals surface area contributed by atoms with Crippen molar-refractivity contribution in [2.24, 2.45) is 11.8 Å². The van der Waals surface area contributed by atoms with Gasteiger partial charge in [-0.05, 0) is 27.0 Å². The van der Waals surface area contributed by atoms with Crippen LogP contribution in [0.25, 0.3) is 0 Å². The van der Waals surface area contributed by atoms with Gasteiger partial charge >= 0.3 is 0 Å². The Morgan fingerprint density at radius 2 is 1.92 bits per heavy atom. The van der Waals surface area contributed by atoms with Crippen LogP contribution >= 0.6 is 11.8 Å². The molecule has 1 fully saturated rings. The summed E-state index contributed by atoms with van der Waals surface area (Å²) < 4.78 is -0.0997. The first kappa shape index (κ1) is 10.8. The second kappa shape index (κ2) is 3.45. The van der Waals surface area contributed by atoms with Gasteiger partial charge in [-0.15, -0.1) is 0 Å². The lowest BCUT2D eigenvalue weighted by atomic mass is 9.91. The van der Waals surface area contributed by atoms with Gasteiger partial charge in [-0.3, -0.25) is 9.59 Å². The molecule has 74 valence electrons. The van der Waals surface area contributed by atoms with E-state index in [2.05, 4.69) is 0 Å². The van der Waals surface area contributed by atoms with Crippen LogP contribution in [0.15, 0.2) is 0 Å². The number of rotatable bonds is 2. The highest BCUT2D eigenvalue weighted by Crippen LogP contribution is 2.39. The fraction of sp³-hybridized carbons (Fsp3) is 0.800. The van der Waals surface area contributed by atoms with E-state index in [4.69, 9.17) is 0 Å². The van der Waals surface area contributed by atoms with E-state index in [0.29, 0.717) is 6.42 Å². The summed E-state index contributed by atoms with van der Waals surface area (Å²) in [5.74, 6) is -0.206. The quantitative estimate of drug-likeness (QED) is 0.639. The predicted octanol–water partition coefficient (Wildman–Crippen LogP) is 1.92. The number of hydrogen-bond donors (Lipinski definition) is 0. The SMILES string of the molecule is CSC(C)(C)C1CC(=O)C(C)C1=O. The molecular weight excluding hydrogens is 184 g/mol. The van der Waals surface area contributed by atoms with E-state index in [1.54, 1.807) is 18.7 Å². The van der Waals surface area contributed by atoms with Gasteiger partial charge in [0.2, 0.25) is 0 Å². The zero-order chi connectivity index (χ0) is 10.2. The third kappa shape index (κ3) is 1.80. The minimum absolute atomic E-state index is 0.0787. The third-order valence-corrected chi connectivity index (χ3v) is 4.36. The summed E-state index contributed by atoms with van der Waals surface area (Å²) in [5.41, 5.74) is 0. The van der Waals surface area contributed by atoms with E-state index in [1.165, 1.54) is 0 Å². The summed E-state index contributed by atoms with van der Waals surface area (Å²) in [5, 5.41) is 0. The summed E-state index contributed by atoms with van der Waals surface area (Å²) in [6, 6.07) is 0. The summed E-state index contributed by atoms with van der Waals surface area (Å²) in [7, 11) is 0. The molecule has 1 saturated carbocycles. The van der Waals surface area contributed by atoms with E-state index in [9.17, 15) is 9.59 Å². The van der Waals surface area contributed by atoms with Gasteiger partial charge in [0.05, 0.1) is 5.92 Å². The van der Waals surface area contributed by atoms with Gasteiger partial charge in [0.15, 0.2) is 0 Å². The van der Waals surface area contributed by atoms with E-state index in [1.807, 2.05) is 20.1 Å². The molecule has 0 aromatic carbocycles. The first-order valence-electron chi connectivity index (χ1n) is 4.51. The molecule has 0 radical (unpaired) electrons. The summed E-state index contributed by atoms with van der Waals surface area (Å²) >= 11 is 1.66. The Kier molecular flexibility index (Phi) is 2.85. The van der Waals surface area contributed by atoms with Crippen molar-refractivity contribution in [2.75, 3.05) is 6.26 Å². The fourth-order valence-corrected chi connectivity index (χ4v) is 2.15. The molecule has 2 atom stereocenters. The molecule has 2 unspecified atom stereocenters. The minimum Gasteiger partial charge on any atom is -0.299 e. The highest BCUT2D eigenvalue weighted by molar-refractivity contribution is 8.00. The normalized spacial score (nSPS) is 29.8. The molecule has 0 saturated heterocycles. The Morgan fingerprint density at radius 1 is 1.38 bits per heavy atom. The molecule has 1 aliphatic carbocycles. The fourth-order valence-electron chi connectivity index (χ4n) is 1.67. The maximum atomic E-state index is 11.7. The van der Waals surface area contributed by atoms with Gasteiger partial charge in [0, 0.05) is 17.1 Å². The molecule has 0 aliphatic heterocycles. The highest BCUT2D eigenvalue weighted by atomic mass is 32.2. The van der Waals surface area contributed by atoms with Crippen LogP contribution in [0.1, 0.15) is 27.2 Å². The summed E-state index contributed by atoms with van der Waals surface area (Å²) in [6.07, 6.45) is 2.43. The lowest BCUT2D eigenvalue weighted by Crippen LogP contribution is -2.31. The van der Waals surface area contributed by atoms with Gasteiger partial charge in [-0.25, -0.2) is 0 Å². The molecular formula is C10H16O2S. The van der Waals surface area contributed by atoms with Crippen LogP contribution < -0.4 is 0 Å². The van der Waals surface area contributed by atoms with Gasteiger partial charge in [-0.1, -0.05) is 0 Å². The van der Waals surface area contributed by atoms with Crippen LogP contribution in [0.4, 0.5) is 0 Å². The molecule has 0 aromatic rings. The van der Waals surface area contributed by atoms with Gasteiger partial charge in [-0.2, -0.15) is 11.8 Å². The van der Waals surface area contributed by atoms with Crippen LogP contribution in [0.5, 0.6) is 0 Å². The van der Waals surface area contributed by atoms with Gasteiger partial charge in [0.1, 0.15) is 11.6 Å². The molecule has 0 aromatic heterocycles. The van der Waals surface area contributed by atoms with Crippen molar-refractivity contribution in [3.05, 3.63) is 0 Å². The van der Waals surface area contributed by atoms with Crippen LogP contribution in [-0.2, 0) is 9.59 Å². The summed E-state index contributed by atoms with van der Waals surface area (Å²) in [6.45, 7) is 5.79. The van der Waals surface area contributed by atoms with Crippen molar-refractivity contribution < 1.29 is 9.59 Å². The Bertz CT molecular complexity index is 245.